The number of imidazole rings is 1. The number of rotatable bonds is 10. The summed E-state index contributed by atoms with van der Waals surface area (Å²) in [4.78, 5) is 21.7. The fraction of sp³-hybridized carbons (Fsp3) is 0.391. The van der Waals surface area contributed by atoms with Gasteiger partial charge in [0, 0.05) is 39.4 Å². The summed E-state index contributed by atoms with van der Waals surface area (Å²) >= 11 is 0. The van der Waals surface area contributed by atoms with E-state index in [2.05, 4.69) is 28.9 Å². The van der Waals surface area contributed by atoms with Gasteiger partial charge in [0.2, 0.25) is 0 Å². The summed E-state index contributed by atoms with van der Waals surface area (Å²) in [6.07, 6.45) is 3.95. The van der Waals surface area contributed by atoms with Crippen molar-refractivity contribution in [2.24, 2.45) is 0 Å². The summed E-state index contributed by atoms with van der Waals surface area (Å²) < 4.78 is 1.98. The third kappa shape index (κ3) is 5.22. The van der Waals surface area contributed by atoms with Crippen LogP contribution in [0.1, 0.15) is 41.5 Å². The van der Waals surface area contributed by atoms with Crippen molar-refractivity contribution in [1.82, 2.24) is 19.2 Å². The van der Waals surface area contributed by atoms with Crippen LogP contribution in [0.5, 0.6) is 0 Å². The van der Waals surface area contributed by atoms with Crippen molar-refractivity contribution in [2.45, 2.75) is 32.9 Å². The van der Waals surface area contributed by atoms with E-state index >= 15 is 0 Å². The first-order valence-electron chi connectivity index (χ1n) is 10.2. The maximum atomic E-state index is 13.1. The Morgan fingerprint density at radius 3 is 2.55 bits per heavy atom. The first-order valence-corrected chi connectivity index (χ1v) is 10.2. The number of hydrogen-bond acceptors (Lipinski definition) is 4. The molecule has 0 bridgehead atoms. The Hall–Kier alpha value is -2.70. The molecule has 154 valence electrons. The molecule has 3 rings (SSSR count). The van der Waals surface area contributed by atoms with Crippen LogP contribution >= 0.6 is 0 Å². The molecule has 0 saturated carbocycles. The van der Waals surface area contributed by atoms with Crippen molar-refractivity contribution < 1.29 is 9.90 Å². The van der Waals surface area contributed by atoms with E-state index in [0.717, 1.165) is 24.2 Å². The van der Waals surface area contributed by atoms with Crippen molar-refractivity contribution in [3.63, 3.8) is 0 Å². The number of amides is 1. The number of hydrogen-bond donors (Lipinski definition) is 1. The standard InChI is InChI=1S/C23H30N4O2/c1-3-4-13-25(2)23(29)22-20(27-14-9-8-12-21(27)24-22)18-26(15-16-28)17-19-10-6-5-7-11-19/h5-12,14,28H,3-4,13,15-18H2,1-2H3. The number of aromatic nitrogens is 2. The molecule has 1 aromatic carbocycles. The molecule has 1 amide bonds. The molecule has 0 radical (unpaired) electrons. The van der Waals surface area contributed by atoms with Gasteiger partial charge in [0.25, 0.3) is 5.91 Å². The fourth-order valence-corrected chi connectivity index (χ4v) is 3.46. The van der Waals surface area contributed by atoms with Crippen LogP contribution in [0.3, 0.4) is 0 Å². The Kier molecular flexibility index (Phi) is 7.38. The minimum Gasteiger partial charge on any atom is -0.395 e. The molecule has 1 N–H and O–H groups in total. The SMILES string of the molecule is CCCCN(C)C(=O)c1nc2ccccn2c1CN(CCO)Cc1ccccc1. The van der Waals surface area contributed by atoms with Crippen LogP contribution in [-0.4, -0.2) is 56.9 Å². The first-order chi connectivity index (χ1) is 14.1. The molecule has 2 aromatic heterocycles. The van der Waals surface area contributed by atoms with Crippen LogP contribution in [0.2, 0.25) is 0 Å². The van der Waals surface area contributed by atoms with Crippen LogP contribution in [0.4, 0.5) is 0 Å². The van der Waals surface area contributed by atoms with E-state index in [0.29, 0.717) is 31.9 Å². The highest BCUT2D eigenvalue weighted by atomic mass is 16.3. The lowest BCUT2D eigenvalue weighted by Crippen LogP contribution is -2.31. The van der Waals surface area contributed by atoms with E-state index in [1.165, 1.54) is 5.56 Å². The molecule has 6 heteroatoms. The second-order valence-corrected chi connectivity index (χ2v) is 7.34. The smallest absolute Gasteiger partial charge is 0.274 e. The summed E-state index contributed by atoms with van der Waals surface area (Å²) in [7, 11) is 1.83. The molecule has 0 aliphatic heterocycles. The summed E-state index contributed by atoms with van der Waals surface area (Å²) in [6.45, 7) is 4.64. The van der Waals surface area contributed by atoms with Gasteiger partial charge in [-0.25, -0.2) is 4.98 Å². The molecule has 0 atom stereocenters. The fourth-order valence-electron chi connectivity index (χ4n) is 3.46. The number of aliphatic hydroxyl groups excluding tert-OH is 1. The maximum absolute atomic E-state index is 13.1. The van der Waals surface area contributed by atoms with Gasteiger partial charge in [-0.2, -0.15) is 0 Å². The van der Waals surface area contributed by atoms with E-state index in [-0.39, 0.29) is 12.5 Å². The Morgan fingerprint density at radius 1 is 1.07 bits per heavy atom. The summed E-state index contributed by atoms with van der Waals surface area (Å²) in [5.41, 5.74) is 3.28. The minimum atomic E-state index is -0.0548. The van der Waals surface area contributed by atoms with Gasteiger partial charge in [-0.15, -0.1) is 0 Å². The number of nitrogens with zero attached hydrogens (tertiary/aromatic N) is 4. The molecule has 0 saturated heterocycles. The number of carbonyl (C=O) groups is 1. The van der Waals surface area contributed by atoms with Crippen molar-refractivity contribution in [2.75, 3.05) is 26.7 Å². The van der Waals surface area contributed by atoms with E-state index in [1.807, 2.05) is 54.0 Å². The van der Waals surface area contributed by atoms with Crippen LogP contribution < -0.4 is 0 Å². The van der Waals surface area contributed by atoms with E-state index < -0.39 is 0 Å². The van der Waals surface area contributed by atoms with Gasteiger partial charge >= 0.3 is 0 Å². The molecule has 29 heavy (non-hydrogen) atoms. The van der Waals surface area contributed by atoms with Gasteiger partial charge in [-0.05, 0) is 24.1 Å². The normalized spacial score (nSPS) is 11.3. The Morgan fingerprint density at radius 2 is 1.83 bits per heavy atom. The highest BCUT2D eigenvalue weighted by Gasteiger charge is 2.23. The molecule has 2 heterocycles. The van der Waals surface area contributed by atoms with Crippen LogP contribution in [-0.2, 0) is 13.1 Å². The van der Waals surface area contributed by atoms with Gasteiger partial charge < -0.3 is 14.4 Å². The molecule has 0 aliphatic carbocycles. The molecular formula is C23H30N4O2. The summed E-state index contributed by atoms with van der Waals surface area (Å²) in [6, 6.07) is 16.0. The quantitative estimate of drug-likeness (QED) is 0.574. The number of pyridine rings is 1. The van der Waals surface area contributed by atoms with E-state index in [4.69, 9.17) is 0 Å². The molecule has 6 nitrogen and oxygen atoms in total. The second-order valence-electron chi connectivity index (χ2n) is 7.34. The third-order valence-corrected chi connectivity index (χ3v) is 5.06. The minimum absolute atomic E-state index is 0.0548. The van der Waals surface area contributed by atoms with Crippen molar-refractivity contribution in [3.8, 4) is 0 Å². The molecule has 3 aromatic rings. The third-order valence-electron chi connectivity index (χ3n) is 5.06. The van der Waals surface area contributed by atoms with Gasteiger partial charge in [-0.1, -0.05) is 49.7 Å². The lowest BCUT2D eigenvalue weighted by atomic mass is 10.2. The Bertz CT molecular complexity index is 923. The molecule has 0 fully saturated rings. The molecule has 0 aliphatic rings. The van der Waals surface area contributed by atoms with E-state index in [9.17, 15) is 9.90 Å². The number of aliphatic hydroxyl groups is 1. The van der Waals surface area contributed by atoms with Crippen molar-refractivity contribution in [3.05, 3.63) is 71.7 Å². The topological polar surface area (TPSA) is 61.1 Å². The summed E-state index contributed by atoms with van der Waals surface area (Å²) in [5.74, 6) is -0.0548. The maximum Gasteiger partial charge on any atom is 0.274 e. The number of fused-ring (bicyclic) bond motifs is 1. The van der Waals surface area contributed by atoms with Gasteiger partial charge in [0.1, 0.15) is 5.65 Å². The average Bonchev–Trinajstić information content (AvgIpc) is 3.10. The number of unbranched alkanes of at least 4 members (excludes halogenated alkanes) is 1. The van der Waals surface area contributed by atoms with Gasteiger partial charge in [-0.3, -0.25) is 9.69 Å². The second kappa shape index (κ2) is 10.2. The van der Waals surface area contributed by atoms with Gasteiger partial charge in [0.15, 0.2) is 5.69 Å². The zero-order valence-corrected chi connectivity index (χ0v) is 17.3. The zero-order valence-electron chi connectivity index (χ0n) is 17.3. The monoisotopic (exact) mass is 394 g/mol. The van der Waals surface area contributed by atoms with Crippen LogP contribution in [0, 0.1) is 0 Å². The molecule has 0 unspecified atom stereocenters. The van der Waals surface area contributed by atoms with Crippen molar-refractivity contribution in [1.29, 1.82) is 0 Å². The predicted octanol–water partition coefficient (Wildman–Crippen LogP) is 3.20. The molecular weight excluding hydrogens is 364 g/mol. The van der Waals surface area contributed by atoms with Crippen LogP contribution in [0.25, 0.3) is 5.65 Å². The predicted molar refractivity (Wildman–Crippen MR) is 115 cm³/mol. The van der Waals surface area contributed by atoms with Crippen LogP contribution in [0.15, 0.2) is 54.7 Å². The lowest BCUT2D eigenvalue weighted by molar-refractivity contribution is 0.0785. The molecule has 0 spiro atoms. The Labute approximate surface area is 172 Å². The largest absolute Gasteiger partial charge is 0.395 e. The Balaban J connectivity index is 1.92. The number of carbonyl (C=O) groups excluding carboxylic acids is 1. The zero-order chi connectivity index (χ0) is 20.6. The lowest BCUT2D eigenvalue weighted by Gasteiger charge is -2.22. The average molecular weight is 395 g/mol. The van der Waals surface area contributed by atoms with E-state index in [1.54, 1.807) is 4.90 Å². The van der Waals surface area contributed by atoms with Crippen molar-refractivity contribution >= 4 is 11.6 Å². The highest BCUT2D eigenvalue weighted by Crippen LogP contribution is 2.18. The number of benzene rings is 1. The summed E-state index contributed by atoms with van der Waals surface area (Å²) in [5, 5.41) is 9.58. The van der Waals surface area contributed by atoms with Gasteiger partial charge in [0.05, 0.1) is 12.3 Å². The first kappa shape index (κ1) is 21.0. The highest BCUT2D eigenvalue weighted by molar-refractivity contribution is 5.94.